The van der Waals surface area contributed by atoms with Gasteiger partial charge in [-0.1, -0.05) is 0 Å². The van der Waals surface area contributed by atoms with Crippen LogP contribution in [-0.2, 0) is 4.74 Å². The maximum absolute atomic E-state index is 12.6. The molecule has 0 bridgehead atoms. The second kappa shape index (κ2) is 5.34. The van der Waals surface area contributed by atoms with Crippen molar-refractivity contribution in [1.29, 1.82) is 0 Å². The number of nitrogen functional groups attached to an aromatic ring is 1. The van der Waals surface area contributed by atoms with Gasteiger partial charge in [0.05, 0.1) is 18.2 Å². The van der Waals surface area contributed by atoms with Crippen LogP contribution >= 0.6 is 0 Å². The number of anilines is 1. The first kappa shape index (κ1) is 13.7. The molecule has 0 unspecified atom stereocenters. The molecule has 2 N–H and O–H groups in total. The van der Waals surface area contributed by atoms with Crippen molar-refractivity contribution < 1.29 is 23.2 Å². The van der Waals surface area contributed by atoms with Gasteiger partial charge in [0, 0.05) is 0 Å². The third-order valence-corrected chi connectivity index (χ3v) is 1.96. The zero-order chi connectivity index (χ0) is 13.9. The smallest absolute Gasteiger partial charge is 0.364 e. The molecule has 0 aliphatic heterocycles. The van der Waals surface area contributed by atoms with Crippen molar-refractivity contribution >= 4 is 17.5 Å². The van der Waals surface area contributed by atoms with Crippen molar-refractivity contribution in [3.05, 3.63) is 27.4 Å². The maximum Gasteiger partial charge on any atom is 0.364 e. The Morgan fingerprint density at radius 1 is 1.67 bits per heavy atom. The van der Waals surface area contributed by atoms with Crippen LogP contribution in [0.3, 0.4) is 0 Å². The van der Waals surface area contributed by atoms with Gasteiger partial charge in [-0.2, -0.15) is 0 Å². The van der Waals surface area contributed by atoms with Gasteiger partial charge in [0.2, 0.25) is 5.69 Å². The van der Waals surface area contributed by atoms with E-state index in [4.69, 9.17) is 5.73 Å². The van der Waals surface area contributed by atoms with Crippen molar-refractivity contribution in [2.24, 2.45) is 0 Å². The molecule has 0 saturated heterocycles. The van der Waals surface area contributed by atoms with Crippen LogP contribution in [0, 0.1) is 10.1 Å². The molecular formula is C9H9F2N3O4. The number of carbonyl (C=O) groups is 1. The van der Waals surface area contributed by atoms with E-state index in [1.807, 2.05) is 0 Å². The number of esters is 1. The molecule has 18 heavy (non-hydrogen) atoms. The predicted molar refractivity (Wildman–Crippen MR) is 56.2 cm³/mol. The molecule has 0 atom stereocenters. The van der Waals surface area contributed by atoms with Crippen LogP contribution in [-0.4, -0.2) is 22.5 Å². The molecule has 1 heterocycles. The SMILES string of the molecule is CCOC(=O)c1cc([N+](=O)[O-])nc(C(F)F)c1N. The van der Waals surface area contributed by atoms with E-state index in [1.165, 1.54) is 6.92 Å². The van der Waals surface area contributed by atoms with Crippen LogP contribution in [0.1, 0.15) is 29.4 Å². The largest absolute Gasteiger partial charge is 0.462 e. The lowest BCUT2D eigenvalue weighted by atomic mass is 10.1. The fourth-order valence-corrected chi connectivity index (χ4v) is 1.20. The number of halogens is 2. The average molecular weight is 261 g/mol. The van der Waals surface area contributed by atoms with Crippen LogP contribution in [0.2, 0.25) is 0 Å². The van der Waals surface area contributed by atoms with Gasteiger partial charge >= 0.3 is 18.2 Å². The number of hydrogen-bond acceptors (Lipinski definition) is 6. The van der Waals surface area contributed by atoms with Gasteiger partial charge in [-0.05, 0) is 16.8 Å². The lowest BCUT2D eigenvalue weighted by Gasteiger charge is -2.06. The molecule has 9 heteroatoms. The Morgan fingerprint density at radius 2 is 2.28 bits per heavy atom. The summed E-state index contributed by atoms with van der Waals surface area (Å²) in [6.45, 7) is 1.48. The molecule has 0 radical (unpaired) electrons. The van der Waals surface area contributed by atoms with E-state index in [1.54, 1.807) is 0 Å². The Bertz CT molecular complexity index is 493. The quantitative estimate of drug-likeness (QED) is 0.501. The third-order valence-electron chi connectivity index (χ3n) is 1.96. The standard InChI is InChI=1S/C9H9F2N3O4/c1-2-18-9(15)4-3-5(14(16)17)13-7(6(4)12)8(10)11/h3,8H,2,12H2,1H3. The minimum absolute atomic E-state index is 0.0155. The summed E-state index contributed by atoms with van der Waals surface area (Å²) in [5.74, 6) is -1.90. The van der Waals surface area contributed by atoms with Crippen LogP contribution in [0.4, 0.5) is 20.3 Å². The molecule has 0 aliphatic rings. The minimum atomic E-state index is -3.13. The number of pyridine rings is 1. The number of ether oxygens (including phenoxy) is 1. The van der Waals surface area contributed by atoms with Crippen LogP contribution in [0.5, 0.6) is 0 Å². The number of nitrogens with two attached hydrogens (primary N) is 1. The molecular weight excluding hydrogens is 252 g/mol. The van der Waals surface area contributed by atoms with Gasteiger partial charge in [0.15, 0.2) is 0 Å². The third kappa shape index (κ3) is 2.67. The van der Waals surface area contributed by atoms with E-state index in [0.717, 1.165) is 0 Å². The highest BCUT2D eigenvalue weighted by atomic mass is 19.3. The van der Waals surface area contributed by atoms with Crippen LogP contribution < -0.4 is 5.73 Å². The Hall–Kier alpha value is -2.32. The van der Waals surface area contributed by atoms with Gasteiger partial charge in [0.25, 0.3) is 0 Å². The highest BCUT2D eigenvalue weighted by Crippen LogP contribution is 2.29. The summed E-state index contributed by atoms with van der Waals surface area (Å²) in [5, 5.41) is 10.5. The van der Waals surface area contributed by atoms with E-state index in [2.05, 4.69) is 9.72 Å². The zero-order valence-corrected chi connectivity index (χ0v) is 9.22. The van der Waals surface area contributed by atoms with Crippen molar-refractivity contribution in [1.82, 2.24) is 4.98 Å². The van der Waals surface area contributed by atoms with Crippen molar-refractivity contribution in [2.75, 3.05) is 12.3 Å². The van der Waals surface area contributed by atoms with Crippen molar-refractivity contribution in [3.63, 3.8) is 0 Å². The van der Waals surface area contributed by atoms with E-state index in [9.17, 15) is 23.7 Å². The van der Waals surface area contributed by atoms with Gasteiger partial charge in [-0.25, -0.2) is 13.6 Å². The lowest BCUT2D eigenvalue weighted by molar-refractivity contribution is -0.389. The fourth-order valence-electron chi connectivity index (χ4n) is 1.20. The molecule has 0 amide bonds. The highest BCUT2D eigenvalue weighted by Gasteiger charge is 2.28. The van der Waals surface area contributed by atoms with Gasteiger partial charge in [-0.3, -0.25) is 0 Å². The predicted octanol–water partition coefficient (Wildman–Crippen LogP) is 1.69. The second-order valence-electron chi connectivity index (χ2n) is 3.11. The number of hydrogen-bond donors (Lipinski definition) is 1. The van der Waals surface area contributed by atoms with Gasteiger partial charge in [0.1, 0.15) is 5.69 Å². The molecule has 98 valence electrons. The first-order valence-electron chi connectivity index (χ1n) is 4.78. The molecule has 1 aromatic heterocycles. The molecule has 0 spiro atoms. The first-order chi connectivity index (χ1) is 8.38. The Labute approximate surface area is 99.7 Å². The van der Waals surface area contributed by atoms with Gasteiger partial charge < -0.3 is 20.6 Å². The molecule has 0 aliphatic carbocycles. The molecule has 7 nitrogen and oxygen atoms in total. The monoisotopic (exact) mass is 261 g/mol. The molecule has 0 fully saturated rings. The average Bonchev–Trinajstić information content (AvgIpc) is 2.28. The molecule has 0 aromatic carbocycles. The number of alkyl halides is 2. The Kier molecular flexibility index (Phi) is 4.08. The highest BCUT2D eigenvalue weighted by molar-refractivity contribution is 5.96. The topological polar surface area (TPSA) is 108 Å². The maximum atomic E-state index is 12.6. The van der Waals surface area contributed by atoms with Gasteiger partial charge in [-0.15, -0.1) is 0 Å². The second-order valence-corrected chi connectivity index (χ2v) is 3.11. The Morgan fingerprint density at radius 3 is 2.72 bits per heavy atom. The van der Waals surface area contributed by atoms with Crippen LogP contribution in [0.25, 0.3) is 0 Å². The number of carbonyl (C=O) groups excluding carboxylic acids is 1. The summed E-state index contributed by atoms with van der Waals surface area (Å²) in [4.78, 5) is 24.0. The number of aromatic nitrogens is 1. The summed E-state index contributed by atoms with van der Waals surface area (Å²) in [6, 6.07) is 0.708. The zero-order valence-electron chi connectivity index (χ0n) is 9.22. The summed E-state index contributed by atoms with van der Waals surface area (Å²) >= 11 is 0. The summed E-state index contributed by atoms with van der Waals surface area (Å²) in [7, 11) is 0. The molecule has 1 rings (SSSR count). The van der Waals surface area contributed by atoms with E-state index < -0.39 is 40.1 Å². The normalized spacial score (nSPS) is 10.4. The molecule has 0 saturated carbocycles. The Balaban J connectivity index is 3.40. The number of nitro groups is 1. The van der Waals surface area contributed by atoms with E-state index in [-0.39, 0.29) is 6.61 Å². The number of nitrogens with zero attached hydrogens (tertiary/aromatic N) is 2. The van der Waals surface area contributed by atoms with E-state index in [0.29, 0.717) is 6.07 Å². The summed E-state index contributed by atoms with van der Waals surface area (Å²) in [5.41, 5.74) is 3.20. The van der Waals surface area contributed by atoms with Crippen LogP contribution in [0.15, 0.2) is 6.07 Å². The summed E-state index contributed by atoms with van der Waals surface area (Å²) in [6.07, 6.45) is -3.13. The minimum Gasteiger partial charge on any atom is -0.462 e. The van der Waals surface area contributed by atoms with Crippen molar-refractivity contribution in [2.45, 2.75) is 13.3 Å². The summed E-state index contributed by atoms with van der Waals surface area (Å²) < 4.78 is 29.7. The fraction of sp³-hybridized carbons (Fsp3) is 0.333. The number of rotatable bonds is 4. The van der Waals surface area contributed by atoms with E-state index >= 15 is 0 Å². The first-order valence-corrected chi connectivity index (χ1v) is 4.78. The lowest BCUT2D eigenvalue weighted by Crippen LogP contribution is -2.12. The molecule has 1 aromatic rings. The van der Waals surface area contributed by atoms with Crippen molar-refractivity contribution in [3.8, 4) is 0 Å².